The summed E-state index contributed by atoms with van der Waals surface area (Å²) in [4.78, 5) is 0. The quantitative estimate of drug-likeness (QED) is 0.0272. The second-order valence-corrected chi connectivity index (χ2v) is 16.7. The molecule has 49 heavy (non-hydrogen) atoms. The molecule has 0 fully saturated rings. The summed E-state index contributed by atoms with van der Waals surface area (Å²) in [6.07, 6.45) is 25.0. The van der Waals surface area contributed by atoms with Crippen molar-refractivity contribution < 1.29 is 26.7 Å². The molecule has 0 saturated heterocycles. The lowest BCUT2D eigenvalue weighted by molar-refractivity contribution is -0.343. The molecule has 0 bridgehead atoms. The van der Waals surface area contributed by atoms with Crippen LogP contribution in [-0.2, 0) is 13.3 Å². The van der Waals surface area contributed by atoms with Gasteiger partial charge in [0.25, 0.3) is 0 Å². The molecule has 296 valence electrons. The van der Waals surface area contributed by atoms with E-state index in [-0.39, 0.29) is 32.1 Å². The average Bonchev–Trinajstić information content (AvgIpc) is 3.09. The first-order valence-electron chi connectivity index (χ1n) is 21.1. The molecule has 0 aliphatic rings. The first kappa shape index (κ1) is 48.8. The van der Waals surface area contributed by atoms with Gasteiger partial charge in [0.1, 0.15) is 0 Å². The van der Waals surface area contributed by atoms with Crippen LogP contribution in [0.4, 0.5) is 13.4 Å². The van der Waals surface area contributed by atoms with Gasteiger partial charge < -0.3 is 13.3 Å². The van der Waals surface area contributed by atoms with Crippen molar-refractivity contribution >= 4 is 8.80 Å². The molecular formula is C39H82F3N3O3Si. The van der Waals surface area contributed by atoms with Crippen LogP contribution in [0.1, 0.15) is 202 Å². The van der Waals surface area contributed by atoms with Crippen molar-refractivity contribution in [1.29, 1.82) is 0 Å². The van der Waals surface area contributed by atoms with Gasteiger partial charge in [0.05, 0.1) is 0 Å². The lowest BCUT2D eigenvalue weighted by Crippen LogP contribution is -2.65. The van der Waals surface area contributed by atoms with Crippen molar-refractivity contribution in [2.24, 2.45) is 0 Å². The monoisotopic (exact) mass is 726 g/mol. The fourth-order valence-electron chi connectivity index (χ4n) is 6.73. The van der Waals surface area contributed by atoms with Gasteiger partial charge in [-0.15, -0.1) is 28.8 Å². The number of unbranched alkanes of at least 4 members (excludes halogenated alkanes) is 21. The van der Waals surface area contributed by atoms with E-state index in [0.717, 1.165) is 57.8 Å². The highest BCUT2D eigenvalue weighted by atomic mass is 28.4. The third kappa shape index (κ3) is 22.4. The van der Waals surface area contributed by atoms with Crippen LogP contribution in [0.2, 0.25) is 6.04 Å². The maximum atomic E-state index is 16.7. The molecule has 0 rings (SSSR count). The summed E-state index contributed by atoms with van der Waals surface area (Å²) in [5.74, 6) is -2.20. The minimum atomic E-state index is -3.30. The van der Waals surface area contributed by atoms with Crippen molar-refractivity contribution in [3.63, 3.8) is 0 Å². The van der Waals surface area contributed by atoms with Crippen LogP contribution in [-0.4, -0.2) is 69.4 Å². The summed E-state index contributed by atoms with van der Waals surface area (Å²) >= 11 is 0. The smallest absolute Gasteiger partial charge is 0.374 e. The number of hydrogen-bond donors (Lipinski definition) is 0. The van der Waals surface area contributed by atoms with E-state index < -0.39 is 14.6 Å². The molecule has 0 atom stereocenters. The van der Waals surface area contributed by atoms with Gasteiger partial charge in [-0.25, -0.2) is 0 Å². The Balaban J connectivity index is 5.97. The SMILES string of the molecule is CCCCCCCCCCN(F)C(CC[Si](OCC)(OCC)OCC)(N(F)CCCCCCCCCC)N(F)CCCCCCCCCC. The summed E-state index contributed by atoms with van der Waals surface area (Å²) in [7, 11) is -3.30. The Hall–Kier alpha value is -0.233. The largest absolute Gasteiger partial charge is 0.501 e. The Morgan fingerprint density at radius 3 is 0.878 bits per heavy atom. The molecule has 0 aliphatic carbocycles. The van der Waals surface area contributed by atoms with Crippen LogP contribution >= 0.6 is 0 Å². The highest BCUT2D eigenvalue weighted by Gasteiger charge is 2.53. The molecule has 0 aliphatic heterocycles. The zero-order valence-electron chi connectivity index (χ0n) is 33.3. The third-order valence-corrected chi connectivity index (χ3v) is 12.7. The number of hydrogen-bond acceptors (Lipinski definition) is 6. The van der Waals surface area contributed by atoms with Crippen molar-refractivity contribution in [3.05, 3.63) is 0 Å². The Morgan fingerprint density at radius 2 is 0.633 bits per heavy atom. The van der Waals surface area contributed by atoms with E-state index in [9.17, 15) is 0 Å². The van der Waals surface area contributed by atoms with E-state index in [1.807, 2.05) is 20.8 Å². The van der Waals surface area contributed by atoms with E-state index >= 15 is 13.4 Å². The van der Waals surface area contributed by atoms with Gasteiger partial charge in [-0.3, -0.25) is 0 Å². The standard InChI is InChI=1S/C39H82F3N3O3Si/c1-7-13-16-19-22-25-28-31-35-43(40)39(34-38-49(46-10-4,47-11-5)48-12-6,44(41)36-32-29-26-23-20-17-14-8-2)45(42)37-33-30-27-24-21-18-15-9-3/h7-38H2,1-6H3. The summed E-state index contributed by atoms with van der Waals surface area (Å²) in [5.41, 5.74) is 0. The summed E-state index contributed by atoms with van der Waals surface area (Å²) in [5, 5.41) is 1.38. The van der Waals surface area contributed by atoms with Crippen molar-refractivity contribution in [2.45, 2.75) is 214 Å². The summed E-state index contributed by atoms with van der Waals surface area (Å²) in [6, 6.07) is 0.121. The van der Waals surface area contributed by atoms with Gasteiger partial charge in [0, 0.05) is 51.9 Å². The molecular weight excluding hydrogens is 644 g/mol. The molecule has 6 nitrogen and oxygen atoms in total. The lowest BCUT2D eigenvalue weighted by atomic mass is 10.1. The Labute approximate surface area is 303 Å². The predicted octanol–water partition coefficient (Wildman–Crippen LogP) is 13.1. The van der Waals surface area contributed by atoms with E-state index in [4.69, 9.17) is 13.3 Å². The maximum Gasteiger partial charge on any atom is 0.501 e. The molecule has 0 spiro atoms. The van der Waals surface area contributed by atoms with E-state index in [1.54, 1.807) is 0 Å². The lowest BCUT2D eigenvalue weighted by Gasteiger charge is -2.46. The second-order valence-electron chi connectivity index (χ2n) is 13.9. The van der Waals surface area contributed by atoms with Crippen LogP contribution in [0.15, 0.2) is 0 Å². The van der Waals surface area contributed by atoms with Gasteiger partial charge in [-0.2, -0.15) is 0 Å². The third-order valence-electron chi connectivity index (χ3n) is 9.65. The Morgan fingerprint density at radius 1 is 0.388 bits per heavy atom. The number of halogens is 3. The molecule has 0 heterocycles. The molecule has 0 radical (unpaired) electrons. The molecule has 0 amide bonds. The summed E-state index contributed by atoms with van der Waals surface area (Å²) in [6.45, 7) is 13.2. The fraction of sp³-hybridized carbons (Fsp3) is 1.00. The normalized spacial score (nSPS) is 12.7. The Kier molecular flexibility index (Phi) is 33.4. The van der Waals surface area contributed by atoms with Gasteiger partial charge in [0.2, 0.25) is 5.79 Å². The molecule has 10 heteroatoms. The topological polar surface area (TPSA) is 37.4 Å². The minimum absolute atomic E-state index is 0.0306. The molecule has 0 aromatic heterocycles. The van der Waals surface area contributed by atoms with E-state index in [2.05, 4.69) is 20.8 Å². The second kappa shape index (κ2) is 33.6. The van der Waals surface area contributed by atoms with Gasteiger partial charge in [0.15, 0.2) is 0 Å². The zero-order chi connectivity index (χ0) is 36.5. The van der Waals surface area contributed by atoms with Crippen LogP contribution in [0.25, 0.3) is 0 Å². The molecule has 0 N–H and O–H groups in total. The molecule has 0 aromatic carbocycles. The minimum Gasteiger partial charge on any atom is -0.374 e. The molecule has 0 unspecified atom stereocenters. The maximum absolute atomic E-state index is 16.7. The molecule has 0 aromatic rings. The van der Waals surface area contributed by atoms with E-state index in [0.29, 0.717) is 54.4 Å². The highest BCUT2D eigenvalue weighted by Crippen LogP contribution is 2.37. The summed E-state index contributed by atoms with van der Waals surface area (Å²) < 4.78 is 68.3. The Bertz CT molecular complexity index is 620. The van der Waals surface area contributed by atoms with Crippen molar-refractivity contribution in [1.82, 2.24) is 15.4 Å². The average molecular weight is 726 g/mol. The van der Waals surface area contributed by atoms with Gasteiger partial charge >= 0.3 is 8.80 Å². The molecule has 0 saturated carbocycles. The van der Waals surface area contributed by atoms with Gasteiger partial charge in [-0.1, -0.05) is 156 Å². The van der Waals surface area contributed by atoms with Crippen LogP contribution in [0.5, 0.6) is 0 Å². The van der Waals surface area contributed by atoms with Crippen molar-refractivity contribution in [2.75, 3.05) is 39.5 Å². The van der Waals surface area contributed by atoms with Crippen LogP contribution in [0, 0.1) is 0 Å². The first-order chi connectivity index (χ1) is 23.8. The number of rotatable bonds is 39. The van der Waals surface area contributed by atoms with Crippen molar-refractivity contribution in [3.8, 4) is 0 Å². The number of nitrogens with zero attached hydrogens (tertiary/aromatic N) is 3. The highest BCUT2D eigenvalue weighted by molar-refractivity contribution is 6.60. The van der Waals surface area contributed by atoms with Crippen LogP contribution in [0.3, 0.4) is 0 Å². The van der Waals surface area contributed by atoms with E-state index in [1.165, 1.54) is 77.0 Å². The van der Waals surface area contributed by atoms with Crippen LogP contribution < -0.4 is 0 Å². The van der Waals surface area contributed by atoms with Gasteiger partial charge in [-0.05, 0) is 40.0 Å². The first-order valence-corrected chi connectivity index (χ1v) is 23.0. The zero-order valence-corrected chi connectivity index (χ0v) is 34.3. The predicted molar refractivity (Wildman–Crippen MR) is 204 cm³/mol. The fourth-order valence-corrected chi connectivity index (χ4v) is 9.37.